The van der Waals surface area contributed by atoms with E-state index in [4.69, 9.17) is 10.6 Å². The lowest BCUT2D eigenvalue weighted by Gasteiger charge is -2.23. The Morgan fingerprint density at radius 2 is 2.07 bits per heavy atom. The van der Waals surface area contributed by atoms with Crippen LogP contribution in [-0.2, 0) is 21.0 Å². The number of amides is 2. The van der Waals surface area contributed by atoms with Crippen molar-refractivity contribution in [3.05, 3.63) is 65.5 Å². The van der Waals surface area contributed by atoms with E-state index in [-0.39, 0.29) is 30.1 Å². The third-order valence-corrected chi connectivity index (χ3v) is 5.46. The van der Waals surface area contributed by atoms with Gasteiger partial charge in [0, 0.05) is 24.2 Å². The zero-order chi connectivity index (χ0) is 21.1. The van der Waals surface area contributed by atoms with E-state index in [1.807, 2.05) is 29.2 Å². The van der Waals surface area contributed by atoms with Crippen LogP contribution in [0.25, 0.3) is 0 Å². The van der Waals surface area contributed by atoms with Crippen LogP contribution in [0.15, 0.2) is 53.7 Å². The highest BCUT2D eigenvalue weighted by molar-refractivity contribution is 6.06. The predicted molar refractivity (Wildman–Crippen MR) is 110 cm³/mol. The molecule has 2 aliphatic rings. The van der Waals surface area contributed by atoms with Crippen molar-refractivity contribution in [2.45, 2.75) is 38.0 Å². The maximum Gasteiger partial charge on any atom is 0.268 e. The van der Waals surface area contributed by atoms with Crippen LogP contribution in [0.5, 0.6) is 0 Å². The molecule has 2 aliphatic heterocycles. The largest absolute Gasteiger partial charge is 0.382 e. The number of hydrogen-bond donors (Lipinski definition) is 2. The van der Waals surface area contributed by atoms with Gasteiger partial charge in [0.2, 0.25) is 12.0 Å². The predicted octanol–water partition coefficient (Wildman–Crippen LogP) is 2.41. The Hall–Kier alpha value is -3.26. The molecule has 0 aliphatic carbocycles. The lowest BCUT2D eigenvalue weighted by Crippen LogP contribution is -2.40. The molecular weight excluding hydrogens is 387 g/mol. The quantitative estimate of drug-likeness (QED) is 0.764. The fourth-order valence-electron chi connectivity index (χ4n) is 3.91. The van der Waals surface area contributed by atoms with E-state index in [0.29, 0.717) is 23.5 Å². The Morgan fingerprint density at radius 1 is 1.23 bits per heavy atom. The Labute approximate surface area is 173 Å². The number of carbonyl (C=O) groups is 2. The number of oxime groups is 1. The summed E-state index contributed by atoms with van der Waals surface area (Å²) >= 11 is 0. The molecule has 7 nitrogen and oxygen atoms in total. The number of halogens is 1. The van der Waals surface area contributed by atoms with Gasteiger partial charge in [0.25, 0.3) is 5.91 Å². The number of hydrogen-bond acceptors (Lipinski definition) is 5. The Balaban J connectivity index is 1.41. The molecule has 2 aromatic carbocycles. The average Bonchev–Trinajstić information content (AvgIpc) is 3.39. The second-order valence-electron chi connectivity index (χ2n) is 7.52. The molecule has 3 N–H and O–H groups in total. The first kappa shape index (κ1) is 20.0. The summed E-state index contributed by atoms with van der Waals surface area (Å²) < 4.78 is 13.4. The number of nitrogens with two attached hydrogens (primary N) is 1. The van der Waals surface area contributed by atoms with Crippen LogP contribution in [0.1, 0.15) is 30.4 Å². The number of carbonyl (C=O) groups excluding carboxylic acids is 2. The number of anilines is 1. The maximum absolute atomic E-state index is 13.4. The minimum Gasteiger partial charge on any atom is -0.382 e. The van der Waals surface area contributed by atoms with Gasteiger partial charge in [0.1, 0.15) is 5.82 Å². The molecule has 1 fully saturated rings. The summed E-state index contributed by atoms with van der Waals surface area (Å²) in [4.78, 5) is 31.7. The second kappa shape index (κ2) is 8.62. The third kappa shape index (κ3) is 4.33. The lowest BCUT2D eigenvalue weighted by molar-refractivity contribution is -0.126. The fourth-order valence-corrected chi connectivity index (χ4v) is 3.91. The van der Waals surface area contributed by atoms with Gasteiger partial charge in [-0.25, -0.2) is 4.39 Å². The fraction of sp³-hybridized carbons (Fsp3) is 0.318. The summed E-state index contributed by atoms with van der Waals surface area (Å²) in [6.07, 6.45) is 1.13. The van der Waals surface area contributed by atoms with E-state index in [1.54, 1.807) is 12.1 Å². The summed E-state index contributed by atoms with van der Waals surface area (Å²) in [5, 5.41) is 6.86. The van der Waals surface area contributed by atoms with Gasteiger partial charge in [-0.2, -0.15) is 0 Å². The number of likely N-dealkylation sites (tertiary alicyclic amines) is 1. The van der Waals surface area contributed by atoms with Gasteiger partial charge in [-0.3, -0.25) is 14.5 Å². The molecule has 8 heteroatoms. The van der Waals surface area contributed by atoms with Crippen molar-refractivity contribution < 1.29 is 18.8 Å². The monoisotopic (exact) mass is 410 g/mol. The molecule has 0 radical (unpaired) electrons. The van der Waals surface area contributed by atoms with Crippen molar-refractivity contribution in [2.75, 3.05) is 11.9 Å². The number of rotatable bonds is 6. The standard InChI is InChI=1S/C22H23FN4O3/c23-16-7-3-6-14(11-16)18-12-20(30-26-18)22(29)25-17-8-2-1-5-15(17)13-27-10-4-9-19(27)21(24)28/h1-3,5-8,11,19-20H,4,9-10,12-13H2,(H2,24,28)(H,25,29). The summed E-state index contributed by atoms with van der Waals surface area (Å²) in [5.74, 6) is -1.02. The van der Waals surface area contributed by atoms with Gasteiger partial charge in [0.15, 0.2) is 0 Å². The van der Waals surface area contributed by atoms with E-state index in [1.165, 1.54) is 12.1 Å². The Morgan fingerprint density at radius 3 is 2.87 bits per heavy atom. The van der Waals surface area contributed by atoms with E-state index in [9.17, 15) is 14.0 Å². The van der Waals surface area contributed by atoms with E-state index in [2.05, 4.69) is 10.5 Å². The normalized spacial score (nSPS) is 21.2. The van der Waals surface area contributed by atoms with Gasteiger partial charge >= 0.3 is 0 Å². The van der Waals surface area contributed by atoms with Crippen molar-refractivity contribution in [1.29, 1.82) is 0 Å². The number of nitrogens with zero attached hydrogens (tertiary/aromatic N) is 2. The first-order valence-corrected chi connectivity index (χ1v) is 9.92. The zero-order valence-corrected chi connectivity index (χ0v) is 16.4. The van der Waals surface area contributed by atoms with Gasteiger partial charge in [-0.05, 0) is 43.1 Å². The van der Waals surface area contributed by atoms with Crippen LogP contribution in [0, 0.1) is 5.82 Å². The minimum absolute atomic E-state index is 0.257. The van der Waals surface area contributed by atoms with Crippen molar-refractivity contribution >= 4 is 23.2 Å². The molecule has 1 saturated heterocycles. The van der Waals surface area contributed by atoms with Crippen LogP contribution >= 0.6 is 0 Å². The van der Waals surface area contributed by atoms with Crippen molar-refractivity contribution in [1.82, 2.24) is 4.90 Å². The highest BCUT2D eigenvalue weighted by Gasteiger charge is 2.31. The van der Waals surface area contributed by atoms with Gasteiger partial charge in [-0.15, -0.1) is 0 Å². The van der Waals surface area contributed by atoms with E-state index >= 15 is 0 Å². The molecule has 2 amide bonds. The molecule has 2 unspecified atom stereocenters. The molecule has 0 saturated carbocycles. The molecule has 2 aromatic rings. The van der Waals surface area contributed by atoms with Crippen LogP contribution in [0.2, 0.25) is 0 Å². The molecule has 30 heavy (non-hydrogen) atoms. The summed E-state index contributed by atoms with van der Waals surface area (Å²) in [7, 11) is 0. The van der Waals surface area contributed by atoms with Crippen molar-refractivity contribution in [2.24, 2.45) is 10.9 Å². The molecule has 0 aromatic heterocycles. The highest BCUT2D eigenvalue weighted by atomic mass is 19.1. The van der Waals surface area contributed by atoms with Gasteiger partial charge in [-0.1, -0.05) is 35.5 Å². The smallest absolute Gasteiger partial charge is 0.268 e. The number of nitrogens with one attached hydrogen (secondary N) is 1. The SMILES string of the molecule is NC(=O)C1CCCN1Cc1ccccc1NC(=O)C1CC(c2cccc(F)c2)=NO1. The van der Waals surface area contributed by atoms with Gasteiger partial charge < -0.3 is 15.9 Å². The van der Waals surface area contributed by atoms with Crippen LogP contribution in [0.3, 0.4) is 0 Å². The van der Waals surface area contributed by atoms with Crippen LogP contribution in [-0.4, -0.2) is 41.1 Å². The summed E-state index contributed by atoms with van der Waals surface area (Å²) in [5.41, 5.74) is 8.18. The Kier molecular flexibility index (Phi) is 5.76. The number of benzene rings is 2. The first-order valence-electron chi connectivity index (χ1n) is 9.92. The molecule has 2 heterocycles. The van der Waals surface area contributed by atoms with E-state index in [0.717, 1.165) is 24.9 Å². The molecule has 4 rings (SSSR count). The zero-order valence-electron chi connectivity index (χ0n) is 16.4. The maximum atomic E-state index is 13.4. The summed E-state index contributed by atoms with van der Waals surface area (Å²) in [6, 6.07) is 13.2. The van der Waals surface area contributed by atoms with E-state index < -0.39 is 6.10 Å². The van der Waals surface area contributed by atoms with Crippen LogP contribution < -0.4 is 11.1 Å². The summed E-state index contributed by atoms with van der Waals surface area (Å²) in [6.45, 7) is 1.30. The van der Waals surface area contributed by atoms with Gasteiger partial charge in [0.05, 0.1) is 11.8 Å². The topological polar surface area (TPSA) is 97.0 Å². The molecule has 0 bridgehead atoms. The Bertz CT molecular complexity index is 994. The number of primary amides is 1. The van der Waals surface area contributed by atoms with Crippen molar-refractivity contribution in [3.63, 3.8) is 0 Å². The first-order chi connectivity index (χ1) is 14.5. The molecular formula is C22H23FN4O3. The number of para-hydroxylation sites is 1. The van der Waals surface area contributed by atoms with Crippen molar-refractivity contribution in [3.8, 4) is 0 Å². The second-order valence-corrected chi connectivity index (χ2v) is 7.52. The minimum atomic E-state index is -0.790. The lowest BCUT2D eigenvalue weighted by atomic mass is 10.0. The molecule has 2 atom stereocenters. The molecule has 0 spiro atoms. The van der Waals surface area contributed by atoms with Crippen LogP contribution in [0.4, 0.5) is 10.1 Å². The average molecular weight is 410 g/mol. The highest BCUT2D eigenvalue weighted by Crippen LogP contribution is 2.25. The molecule has 156 valence electrons. The third-order valence-electron chi connectivity index (χ3n) is 5.46.